The van der Waals surface area contributed by atoms with Gasteiger partial charge in [0.1, 0.15) is 0 Å². The Morgan fingerprint density at radius 2 is 1.16 bits per heavy atom. The Kier molecular flexibility index (Phi) is 35.8. The van der Waals surface area contributed by atoms with E-state index in [1.807, 2.05) is 0 Å². The molecule has 11 heteroatoms. The Bertz CT molecular complexity index is 209. The van der Waals surface area contributed by atoms with Crippen LogP contribution in [0.1, 0.15) is 0 Å². The van der Waals surface area contributed by atoms with Gasteiger partial charge in [-0.05, 0) is 0 Å². The zero-order chi connectivity index (χ0) is 13.1. The van der Waals surface area contributed by atoms with Gasteiger partial charge in [-0.25, -0.2) is 0 Å². The second-order valence-corrected chi connectivity index (χ2v) is 3.26. The molecular formula is C8H16Cl2N2O4S2Sn. The zero-order valence-electron chi connectivity index (χ0n) is 10.4. The van der Waals surface area contributed by atoms with E-state index in [1.165, 1.54) is 14.2 Å². The predicted molar refractivity (Wildman–Crippen MR) is 70.2 cm³/mol. The SMILES string of the molecule is COC(=O)C(N)C[S-].COC(=O)C(N)C[S-].[Cl-].[Cl-].[Sn+4]. The Balaban J connectivity index is -0.0000000594. The maximum Gasteiger partial charge on any atom is 4.00 e. The second-order valence-electron chi connectivity index (χ2n) is 2.59. The number of carbonyl (C=O) groups excluding carboxylic acids is 2. The van der Waals surface area contributed by atoms with Gasteiger partial charge in [-0.2, -0.15) is 11.5 Å². The maximum atomic E-state index is 10.3. The van der Waals surface area contributed by atoms with Crippen LogP contribution < -0.4 is 36.3 Å². The fraction of sp³-hybridized carbons (Fsp3) is 0.750. The zero-order valence-corrected chi connectivity index (χ0v) is 16.4. The number of nitrogens with two attached hydrogens (primary N) is 2. The summed E-state index contributed by atoms with van der Waals surface area (Å²) in [6, 6.07) is -1.26. The first kappa shape index (κ1) is 32.0. The standard InChI is InChI=1S/2C4H9NO2S.2ClH.Sn/c2*1-7-4(6)3(5)2-8;;;/h2*3,8H,2,5H2,1H3;2*1H;/q;;;;+4/p-4. The smallest absolute Gasteiger partial charge is 1.00 e. The molecule has 0 saturated carbocycles. The molecule has 0 aromatic carbocycles. The molecule has 0 saturated heterocycles. The minimum atomic E-state index is -0.630. The summed E-state index contributed by atoms with van der Waals surface area (Å²) >= 11 is 8.98. The minimum Gasteiger partial charge on any atom is -1.00 e. The molecule has 112 valence electrons. The molecule has 0 spiro atoms. The molecule has 0 heterocycles. The first-order chi connectivity index (χ1) is 7.44. The number of ether oxygens (including phenoxy) is 2. The van der Waals surface area contributed by atoms with E-state index in [2.05, 4.69) is 34.7 Å². The Hall–Kier alpha value is 0.939. The van der Waals surface area contributed by atoms with Crippen LogP contribution >= 0.6 is 0 Å². The molecule has 0 aromatic heterocycles. The summed E-state index contributed by atoms with van der Waals surface area (Å²) < 4.78 is 8.54. The fourth-order valence-corrected chi connectivity index (χ4v) is 0.711. The van der Waals surface area contributed by atoms with Crippen molar-refractivity contribution in [2.24, 2.45) is 11.5 Å². The number of hydrogen-bond acceptors (Lipinski definition) is 8. The van der Waals surface area contributed by atoms with Crippen molar-refractivity contribution in [1.82, 2.24) is 0 Å². The van der Waals surface area contributed by atoms with Gasteiger partial charge in [0.2, 0.25) is 0 Å². The van der Waals surface area contributed by atoms with Crippen molar-refractivity contribution in [2.45, 2.75) is 12.1 Å². The largest absolute Gasteiger partial charge is 4.00 e. The third-order valence-electron chi connectivity index (χ3n) is 1.37. The predicted octanol–water partition coefficient (Wildman–Crippen LogP) is -8.31. The van der Waals surface area contributed by atoms with Gasteiger partial charge in [0.15, 0.2) is 0 Å². The van der Waals surface area contributed by atoms with Gasteiger partial charge in [0, 0.05) is 0 Å². The molecule has 0 radical (unpaired) electrons. The van der Waals surface area contributed by atoms with Gasteiger partial charge in [0.05, 0.1) is 26.3 Å². The number of hydrogen-bond donors (Lipinski definition) is 2. The van der Waals surface area contributed by atoms with Crippen molar-refractivity contribution in [1.29, 1.82) is 0 Å². The average molecular weight is 458 g/mol. The van der Waals surface area contributed by atoms with E-state index in [9.17, 15) is 9.59 Å². The molecule has 0 fully saturated rings. The Labute approximate surface area is 153 Å². The van der Waals surface area contributed by atoms with Crippen LogP contribution in [0.15, 0.2) is 0 Å². The molecule has 0 aliphatic heterocycles. The van der Waals surface area contributed by atoms with Crippen LogP contribution in [0.2, 0.25) is 0 Å². The van der Waals surface area contributed by atoms with Gasteiger partial charge in [-0.1, -0.05) is 0 Å². The third-order valence-corrected chi connectivity index (χ3v) is 2.09. The summed E-state index contributed by atoms with van der Waals surface area (Å²) in [7, 11) is 2.57. The molecular weight excluding hydrogens is 442 g/mol. The molecule has 2 unspecified atom stereocenters. The molecule has 0 amide bonds. The second kappa shape index (κ2) is 21.2. The van der Waals surface area contributed by atoms with Crippen molar-refractivity contribution in [3.05, 3.63) is 0 Å². The van der Waals surface area contributed by atoms with Crippen molar-refractivity contribution < 1.29 is 43.9 Å². The topological polar surface area (TPSA) is 105 Å². The number of halogens is 2. The maximum absolute atomic E-state index is 10.3. The molecule has 0 rings (SSSR count). The van der Waals surface area contributed by atoms with Crippen LogP contribution in [0.3, 0.4) is 0 Å². The van der Waals surface area contributed by atoms with Crippen molar-refractivity contribution >= 4 is 61.1 Å². The van der Waals surface area contributed by atoms with E-state index in [4.69, 9.17) is 11.5 Å². The Morgan fingerprint density at radius 3 is 1.21 bits per heavy atom. The third kappa shape index (κ3) is 18.9. The van der Waals surface area contributed by atoms with Gasteiger partial charge in [0.25, 0.3) is 0 Å². The molecule has 2 atom stereocenters. The summed E-state index contributed by atoms with van der Waals surface area (Å²) in [5.41, 5.74) is 10.3. The van der Waals surface area contributed by atoms with Crippen molar-refractivity contribution in [2.75, 3.05) is 25.7 Å². The first-order valence-corrected chi connectivity index (χ1v) is 5.43. The quantitative estimate of drug-likeness (QED) is 0.244. The summed E-state index contributed by atoms with van der Waals surface area (Å²) in [4.78, 5) is 20.7. The number of rotatable bonds is 4. The van der Waals surface area contributed by atoms with E-state index < -0.39 is 24.0 Å². The van der Waals surface area contributed by atoms with Gasteiger partial charge in [-0.15, -0.1) is 0 Å². The van der Waals surface area contributed by atoms with E-state index in [0.29, 0.717) is 0 Å². The molecule has 0 aliphatic carbocycles. The van der Waals surface area contributed by atoms with E-state index >= 15 is 0 Å². The summed E-state index contributed by atoms with van der Waals surface area (Å²) in [5, 5.41) is 0. The molecule has 6 nitrogen and oxygen atoms in total. The average Bonchev–Trinajstić information content (AvgIpc) is 2.35. The van der Waals surface area contributed by atoms with Gasteiger partial charge in [-0.3, -0.25) is 9.59 Å². The summed E-state index contributed by atoms with van der Waals surface area (Å²) in [5.74, 6) is -0.459. The normalized spacial score (nSPS) is 10.8. The van der Waals surface area contributed by atoms with E-state index in [-0.39, 0.29) is 60.2 Å². The van der Waals surface area contributed by atoms with E-state index in [0.717, 1.165) is 0 Å². The summed E-state index contributed by atoms with van der Waals surface area (Å²) in [6.45, 7) is 0. The van der Waals surface area contributed by atoms with Crippen LogP contribution in [-0.4, -0.2) is 73.7 Å². The molecule has 19 heavy (non-hydrogen) atoms. The summed E-state index contributed by atoms with van der Waals surface area (Å²) in [6.07, 6.45) is 0. The van der Waals surface area contributed by atoms with Gasteiger partial charge >= 0.3 is 35.8 Å². The fourth-order valence-electron chi connectivity index (χ4n) is 0.439. The molecule has 0 bridgehead atoms. The number of esters is 2. The Morgan fingerprint density at radius 1 is 0.947 bits per heavy atom. The molecule has 4 N–H and O–H groups in total. The molecule has 0 aromatic rings. The van der Waals surface area contributed by atoms with Crippen LogP contribution in [0.25, 0.3) is 0 Å². The van der Waals surface area contributed by atoms with Crippen molar-refractivity contribution in [3.63, 3.8) is 0 Å². The van der Waals surface area contributed by atoms with Gasteiger partial charge < -0.3 is 71.0 Å². The van der Waals surface area contributed by atoms with Crippen molar-refractivity contribution in [3.8, 4) is 0 Å². The van der Waals surface area contributed by atoms with Crippen LogP contribution in [0.4, 0.5) is 0 Å². The van der Waals surface area contributed by atoms with Crippen LogP contribution in [0, 0.1) is 0 Å². The minimum absolute atomic E-state index is 0. The van der Waals surface area contributed by atoms with Crippen LogP contribution in [0.5, 0.6) is 0 Å². The number of methoxy groups -OCH3 is 2. The molecule has 0 aliphatic rings. The first-order valence-electron chi connectivity index (χ1n) is 4.27. The monoisotopic (exact) mass is 458 g/mol. The van der Waals surface area contributed by atoms with E-state index in [1.54, 1.807) is 0 Å². The van der Waals surface area contributed by atoms with Crippen LogP contribution in [-0.2, 0) is 44.3 Å². The number of carbonyl (C=O) groups is 2.